The third-order valence-corrected chi connectivity index (χ3v) is 7.27. The van der Waals surface area contributed by atoms with E-state index in [4.69, 9.17) is 0 Å². The molecule has 0 atom stereocenters. The van der Waals surface area contributed by atoms with E-state index in [1.807, 2.05) is 91.0 Å². The second-order valence-corrected chi connectivity index (χ2v) is 9.92. The average molecular weight is 457 g/mol. The predicted octanol–water partition coefficient (Wildman–Crippen LogP) is 5.37. The van der Waals surface area contributed by atoms with Crippen LogP contribution in [0.2, 0.25) is 0 Å². The largest absolute Gasteiger partial charge is 0.309 e. The van der Waals surface area contributed by atoms with Crippen molar-refractivity contribution < 1.29 is 8.42 Å². The molecule has 0 aliphatic rings. The molecule has 0 aliphatic heterocycles. The molecule has 33 heavy (non-hydrogen) atoms. The lowest BCUT2D eigenvalue weighted by molar-refractivity contribution is 0.401. The Morgan fingerprint density at radius 3 is 1.36 bits per heavy atom. The highest BCUT2D eigenvalue weighted by atomic mass is 32.2. The van der Waals surface area contributed by atoms with Gasteiger partial charge >= 0.3 is 0 Å². The number of benzene rings is 4. The first-order valence-electron chi connectivity index (χ1n) is 11.0. The molecule has 0 aromatic heterocycles. The Bertz CT molecular complexity index is 1190. The Kier molecular flexibility index (Phi) is 7.68. The highest BCUT2D eigenvalue weighted by Crippen LogP contribution is 2.22. The molecule has 168 valence electrons. The SMILES string of the molecule is O=S(=O)(c1ccc(CNCc2ccccc2)cc1)N(Cc1ccccc1)Cc1ccccc1. The first-order valence-corrected chi connectivity index (χ1v) is 12.5. The van der Waals surface area contributed by atoms with E-state index >= 15 is 0 Å². The second kappa shape index (κ2) is 11.1. The van der Waals surface area contributed by atoms with Gasteiger partial charge in [0, 0.05) is 26.2 Å². The maximum absolute atomic E-state index is 13.6. The van der Waals surface area contributed by atoms with Crippen molar-refractivity contribution in [3.63, 3.8) is 0 Å². The minimum Gasteiger partial charge on any atom is -0.309 e. The molecule has 1 N–H and O–H groups in total. The fourth-order valence-corrected chi connectivity index (χ4v) is 5.09. The fraction of sp³-hybridized carbons (Fsp3) is 0.143. The number of rotatable bonds is 10. The standard InChI is InChI=1S/C28H28N2O2S/c31-33(32,28-18-16-25(17-19-28)21-29-20-24-10-4-1-5-11-24)30(22-26-12-6-2-7-13-26)23-27-14-8-3-9-15-27/h1-19,29H,20-23H2. The van der Waals surface area contributed by atoms with Crippen molar-refractivity contribution in [1.82, 2.24) is 9.62 Å². The molecule has 0 radical (unpaired) electrons. The van der Waals surface area contributed by atoms with Gasteiger partial charge in [-0.05, 0) is 34.4 Å². The van der Waals surface area contributed by atoms with Crippen molar-refractivity contribution in [1.29, 1.82) is 0 Å². The van der Waals surface area contributed by atoms with E-state index in [2.05, 4.69) is 17.4 Å². The molecule has 5 heteroatoms. The van der Waals surface area contributed by atoms with Crippen molar-refractivity contribution in [2.24, 2.45) is 0 Å². The first kappa shape index (κ1) is 22.9. The molecule has 0 saturated heterocycles. The van der Waals surface area contributed by atoms with Crippen molar-refractivity contribution in [2.75, 3.05) is 0 Å². The third-order valence-electron chi connectivity index (χ3n) is 5.47. The maximum Gasteiger partial charge on any atom is 0.243 e. The van der Waals surface area contributed by atoms with E-state index in [1.165, 1.54) is 5.56 Å². The summed E-state index contributed by atoms with van der Waals surface area (Å²) in [5.74, 6) is 0. The zero-order chi connectivity index (χ0) is 22.9. The Morgan fingerprint density at radius 2 is 0.909 bits per heavy atom. The van der Waals surface area contributed by atoms with Crippen LogP contribution in [0.15, 0.2) is 120 Å². The van der Waals surface area contributed by atoms with Crippen LogP contribution < -0.4 is 5.32 Å². The molecule has 4 nitrogen and oxygen atoms in total. The van der Waals surface area contributed by atoms with Gasteiger partial charge in [-0.1, -0.05) is 103 Å². The van der Waals surface area contributed by atoms with Gasteiger partial charge in [0.15, 0.2) is 0 Å². The normalized spacial score (nSPS) is 11.5. The van der Waals surface area contributed by atoms with Crippen LogP contribution in [-0.4, -0.2) is 12.7 Å². The second-order valence-electron chi connectivity index (χ2n) is 7.98. The fourth-order valence-electron chi connectivity index (χ4n) is 3.68. The molecule has 0 amide bonds. The van der Waals surface area contributed by atoms with Crippen molar-refractivity contribution in [3.8, 4) is 0 Å². The Morgan fingerprint density at radius 1 is 0.515 bits per heavy atom. The van der Waals surface area contributed by atoms with Crippen LogP contribution in [0.25, 0.3) is 0 Å². The summed E-state index contributed by atoms with van der Waals surface area (Å²) in [6.45, 7) is 2.08. The van der Waals surface area contributed by atoms with E-state index in [0.717, 1.165) is 23.2 Å². The number of nitrogens with one attached hydrogen (secondary N) is 1. The van der Waals surface area contributed by atoms with Gasteiger partial charge in [0.25, 0.3) is 0 Å². The molecule has 0 fully saturated rings. The third kappa shape index (κ3) is 6.39. The smallest absolute Gasteiger partial charge is 0.243 e. The van der Waals surface area contributed by atoms with Gasteiger partial charge < -0.3 is 5.32 Å². The molecule has 4 rings (SSSR count). The first-order chi connectivity index (χ1) is 16.1. The molecule has 0 bridgehead atoms. The minimum atomic E-state index is -3.66. The zero-order valence-electron chi connectivity index (χ0n) is 18.5. The summed E-state index contributed by atoms with van der Waals surface area (Å²) in [5, 5.41) is 3.40. The summed E-state index contributed by atoms with van der Waals surface area (Å²) in [7, 11) is -3.66. The van der Waals surface area contributed by atoms with E-state index in [-0.39, 0.29) is 0 Å². The van der Waals surface area contributed by atoms with E-state index in [0.29, 0.717) is 24.5 Å². The molecule has 0 spiro atoms. The number of nitrogens with zero attached hydrogens (tertiary/aromatic N) is 1. The van der Waals surface area contributed by atoms with Gasteiger partial charge in [-0.2, -0.15) is 4.31 Å². The van der Waals surface area contributed by atoms with Gasteiger partial charge in [-0.15, -0.1) is 0 Å². The van der Waals surface area contributed by atoms with Crippen molar-refractivity contribution >= 4 is 10.0 Å². The van der Waals surface area contributed by atoms with Crippen molar-refractivity contribution in [3.05, 3.63) is 138 Å². The maximum atomic E-state index is 13.6. The highest BCUT2D eigenvalue weighted by Gasteiger charge is 2.25. The predicted molar refractivity (Wildman–Crippen MR) is 133 cm³/mol. The molecule has 0 saturated carbocycles. The van der Waals surface area contributed by atoms with E-state index in [9.17, 15) is 8.42 Å². The summed E-state index contributed by atoms with van der Waals surface area (Å²) in [6.07, 6.45) is 0. The lowest BCUT2D eigenvalue weighted by atomic mass is 10.2. The molecule has 4 aromatic carbocycles. The van der Waals surface area contributed by atoms with Gasteiger partial charge in [0.05, 0.1) is 4.90 Å². The topological polar surface area (TPSA) is 49.4 Å². The van der Waals surface area contributed by atoms with Crippen LogP contribution in [0.4, 0.5) is 0 Å². The van der Waals surface area contributed by atoms with Crippen LogP contribution in [0.5, 0.6) is 0 Å². The van der Waals surface area contributed by atoms with Crippen LogP contribution in [0.1, 0.15) is 22.3 Å². The Hall–Kier alpha value is -3.25. The van der Waals surface area contributed by atoms with E-state index in [1.54, 1.807) is 16.4 Å². The Labute approximate surface area is 196 Å². The van der Waals surface area contributed by atoms with Crippen LogP contribution >= 0.6 is 0 Å². The number of hydrogen-bond acceptors (Lipinski definition) is 3. The summed E-state index contributed by atoms with van der Waals surface area (Å²) < 4.78 is 28.7. The van der Waals surface area contributed by atoms with E-state index < -0.39 is 10.0 Å². The van der Waals surface area contributed by atoms with Gasteiger partial charge in [-0.3, -0.25) is 0 Å². The lowest BCUT2D eigenvalue weighted by Crippen LogP contribution is -2.30. The molecular formula is C28H28N2O2S. The van der Waals surface area contributed by atoms with Crippen molar-refractivity contribution in [2.45, 2.75) is 31.1 Å². The highest BCUT2D eigenvalue weighted by molar-refractivity contribution is 7.89. The lowest BCUT2D eigenvalue weighted by Gasteiger charge is -2.23. The number of sulfonamides is 1. The average Bonchev–Trinajstić information content (AvgIpc) is 2.86. The zero-order valence-corrected chi connectivity index (χ0v) is 19.3. The summed E-state index contributed by atoms with van der Waals surface area (Å²) in [4.78, 5) is 0.307. The summed E-state index contributed by atoms with van der Waals surface area (Å²) in [5.41, 5.74) is 4.18. The Balaban J connectivity index is 1.48. The molecular weight excluding hydrogens is 428 g/mol. The summed E-state index contributed by atoms with van der Waals surface area (Å²) in [6, 6.07) is 36.8. The van der Waals surface area contributed by atoms with Gasteiger partial charge in [-0.25, -0.2) is 8.42 Å². The van der Waals surface area contributed by atoms with Gasteiger partial charge in [0.1, 0.15) is 0 Å². The minimum absolute atomic E-state index is 0.307. The summed E-state index contributed by atoms with van der Waals surface area (Å²) >= 11 is 0. The van der Waals surface area contributed by atoms with Crippen LogP contribution in [-0.2, 0) is 36.2 Å². The molecule has 4 aromatic rings. The molecule has 0 unspecified atom stereocenters. The monoisotopic (exact) mass is 456 g/mol. The van der Waals surface area contributed by atoms with Crippen LogP contribution in [0.3, 0.4) is 0 Å². The quantitative estimate of drug-likeness (QED) is 0.349. The molecule has 0 aliphatic carbocycles. The number of hydrogen-bond donors (Lipinski definition) is 1. The molecule has 0 heterocycles. The van der Waals surface area contributed by atoms with Crippen LogP contribution in [0, 0.1) is 0 Å². The van der Waals surface area contributed by atoms with Gasteiger partial charge in [0.2, 0.25) is 10.0 Å².